The van der Waals surface area contributed by atoms with Gasteiger partial charge in [-0.1, -0.05) is 17.7 Å². The predicted molar refractivity (Wildman–Crippen MR) is 61.9 cm³/mol. The van der Waals surface area contributed by atoms with E-state index in [-0.39, 0.29) is 5.56 Å². The normalized spacial score (nSPS) is 10.8. The first kappa shape index (κ1) is 9.74. The summed E-state index contributed by atoms with van der Waals surface area (Å²) in [5, 5.41) is 1.90. The molecule has 2 aromatic rings. The van der Waals surface area contributed by atoms with E-state index in [0.29, 0.717) is 10.4 Å². The SMILES string of the molecule is Cn1ccc2ccc(Br)c(Cl)c2c1=O. The van der Waals surface area contributed by atoms with Gasteiger partial charge in [-0.25, -0.2) is 0 Å². The summed E-state index contributed by atoms with van der Waals surface area (Å²) in [4.78, 5) is 11.8. The topological polar surface area (TPSA) is 22.0 Å². The van der Waals surface area contributed by atoms with Gasteiger partial charge >= 0.3 is 0 Å². The molecule has 0 unspecified atom stereocenters. The molecule has 0 spiro atoms. The van der Waals surface area contributed by atoms with Crippen LogP contribution in [0.3, 0.4) is 0 Å². The number of aromatic nitrogens is 1. The Kier molecular flexibility index (Phi) is 2.37. The van der Waals surface area contributed by atoms with Crippen molar-refractivity contribution in [3.63, 3.8) is 0 Å². The van der Waals surface area contributed by atoms with Crippen molar-refractivity contribution < 1.29 is 0 Å². The van der Waals surface area contributed by atoms with E-state index in [1.807, 2.05) is 18.2 Å². The first-order valence-corrected chi connectivity index (χ1v) is 5.21. The molecule has 0 aliphatic rings. The van der Waals surface area contributed by atoms with Crippen molar-refractivity contribution in [2.24, 2.45) is 7.05 Å². The van der Waals surface area contributed by atoms with Crippen LogP contribution in [0.15, 0.2) is 33.7 Å². The van der Waals surface area contributed by atoms with Gasteiger partial charge < -0.3 is 4.57 Å². The molecule has 0 aliphatic heterocycles. The van der Waals surface area contributed by atoms with Gasteiger partial charge in [-0.3, -0.25) is 4.79 Å². The van der Waals surface area contributed by atoms with E-state index >= 15 is 0 Å². The Bertz CT molecular complexity index is 557. The molecule has 2 nitrogen and oxygen atoms in total. The van der Waals surface area contributed by atoms with Crippen LogP contribution in [-0.2, 0) is 7.05 Å². The molecule has 14 heavy (non-hydrogen) atoms. The molecule has 1 aromatic carbocycles. The highest BCUT2D eigenvalue weighted by molar-refractivity contribution is 9.10. The third kappa shape index (κ3) is 1.37. The quantitative estimate of drug-likeness (QED) is 0.723. The summed E-state index contributed by atoms with van der Waals surface area (Å²) in [5.74, 6) is 0. The number of nitrogens with zero attached hydrogens (tertiary/aromatic N) is 1. The summed E-state index contributed by atoms with van der Waals surface area (Å²) >= 11 is 9.34. The molecule has 0 N–H and O–H groups in total. The lowest BCUT2D eigenvalue weighted by molar-refractivity contribution is 0.873. The maximum absolute atomic E-state index is 11.8. The first-order valence-electron chi connectivity index (χ1n) is 4.04. The Labute approximate surface area is 94.2 Å². The Morgan fingerprint density at radius 1 is 1.36 bits per heavy atom. The number of hydrogen-bond acceptors (Lipinski definition) is 1. The van der Waals surface area contributed by atoms with Crippen LogP contribution in [0.5, 0.6) is 0 Å². The molecule has 1 aromatic heterocycles. The first-order chi connectivity index (χ1) is 6.61. The van der Waals surface area contributed by atoms with Crippen molar-refractivity contribution in [3.8, 4) is 0 Å². The van der Waals surface area contributed by atoms with Crippen LogP contribution in [0.4, 0.5) is 0 Å². The maximum atomic E-state index is 11.8. The van der Waals surface area contributed by atoms with E-state index in [4.69, 9.17) is 11.6 Å². The molecule has 0 saturated carbocycles. The molecule has 0 radical (unpaired) electrons. The fourth-order valence-corrected chi connectivity index (χ4v) is 1.94. The molecule has 0 amide bonds. The fourth-order valence-electron chi connectivity index (χ4n) is 1.36. The molecule has 1 heterocycles. The smallest absolute Gasteiger partial charge is 0.259 e. The molecule has 2 rings (SSSR count). The number of halogens is 2. The molecule has 0 bridgehead atoms. The van der Waals surface area contributed by atoms with Crippen LogP contribution in [-0.4, -0.2) is 4.57 Å². The van der Waals surface area contributed by atoms with Crippen LogP contribution in [0.2, 0.25) is 5.02 Å². The zero-order valence-electron chi connectivity index (χ0n) is 7.42. The molecule has 0 saturated heterocycles. The van der Waals surface area contributed by atoms with Crippen molar-refractivity contribution in [3.05, 3.63) is 44.2 Å². The highest BCUT2D eigenvalue weighted by Crippen LogP contribution is 2.28. The molecule has 0 atom stereocenters. The van der Waals surface area contributed by atoms with Crippen molar-refractivity contribution in [1.29, 1.82) is 0 Å². The van der Waals surface area contributed by atoms with Crippen LogP contribution in [0.1, 0.15) is 0 Å². The Morgan fingerprint density at radius 2 is 2.07 bits per heavy atom. The number of pyridine rings is 1. The van der Waals surface area contributed by atoms with Gasteiger partial charge in [0.25, 0.3) is 5.56 Å². The molecule has 0 aliphatic carbocycles. The highest BCUT2D eigenvalue weighted by atomic mass is 79.9. The molecular weight excluding hydrogens is 265 g/mol. The third-order valence-electron chi connectivity index (χ3n) is 2.14. The lowest BCUT2D eigenvalue weighted by Crippen LogP contribution is -2.15. The second-order valence-corrected chi connectivity index (χ2v) is 4.29. The van der Waals surface area contributed by atoms with Crippen LogP contribution < -0.4 is 5.56 Å². The Hall–Kier alpha value is -0.800. The Balaban J connectivity index is 3.06. The zero-order valence-corrected chi connectivity index (χ0v) is 9.76. The van der Waals surface area contributed by atoms with Gasteiger partial charge in [0.05, 0.1) is 10.4 Å². The minimum absolute atomic E-state index is 0.0752. The average molecular weight is 273 g/mol. The van der Waals surface area contributed by atoms with Gasteiger partial charge in [0.15, 0.2) is 0 Å². The monoisotopic (exact) mass is 271 g/mol. The lowest BCUT2D eigenvalue weighted by Gasteiger charge is -2.03. The molecule has 72 valence electrons. The number of fused-ring (bicyclic) bond motifs is 1. The number of aryl methyl sites for hydroxylation is 1. The maximum Gasteiger partial charge on any atom is 0.259 e. The average Bonchev–Trinajstić information content (AvgIpc) is 2.17. The lowest BCUT2D eigenvalue weighted by atomic mass is 10.2. The number of hydrogen-bond donors (Lipinski definition) is 0. The minimum atomic E-state index is -0.0752. The standard InChI is InChI=1S/C10H7BrClNO/c1-13-5-4-6-2-3-7(11)9(12)8(6)10(13)14/h2-5H,1H3. The van der Waals surface area contributed by atoms with Gasteiger partial charge in [0.2, 0.25) is 0 Å². The van der Waals surface area contributed by atoms with Gasteiger partial charge in [0.1, 0.15) is 0 Å². The second kappa shape index (κ2) is 3.41. The van der Waals surface area contributed by atoms with Crippen LogP contribution in [0, 0.1) is 0 Å². The summed E-state index contributed by atoms with van der Waals surface area (Å²) in [6.07, 6.45) is 1.73. The zero-order chi connectivity index (χ0) is 10.3. The number of benzene rings is 1. The molecule has 0 fully saturated rings. The largest absolute Gasteiger partial charge is 0.318 e. The van der Waals surface area contributed by atoms with Gasteiger partial charge in [0, 0.05) is 17.7 Å². The van der Waals surface area contributed by atoms with E-state index in [2.05, 4.69) is 15.9 Å². The van der Waals surface area contributed by atoms with Crippen molar-refractivity contribution in [2.75, 3.05) is 0 Å². The van der Waals surface area contributed by atoms with Crippen LogP contribution >= 0.6 is 27.5 Å². The summed E-state index contributed by atoms with van der Waals surface area (Å²) < 4.78 is 2.26. The summed E-state index contributed by atoms with van der Waals surface area (Å²) in [5.41, 5.74) is -0.0752. The highest BCUT2D eigenvalue weighted by Gasteiger charge is 2.07. The summed E-state index contributed by atoms with van der Waals surface area (Å²) in [6.45, 7) is 0. The van der Waals surface area contributed by atoms with E-state index in [1.165, 1.54) is 4.57 Å². The molecule has 4 heteroatoms. The van der Waals surface area contributed by atoms with E-state index < -0.39 is 0 Å². The summed E-state index contributed by atoms with van der Waals surface area (Å²) in [6, 6.07) is 5.58. The minimum Gasteiger partial charge on any atom is -0.318 e. The van der Waals surface area contributed by atoms with E-state index in [9.17, 15) is 4.79 Å². The molecular formula is C10H7BrClNO. The van der Waals surface area contributed by atoms with Crippen LogP contribution in [0.25, 0.3) is 10.8 Å². The number of rotatable bonds is 0. The Morgan fingerprint density at radius 3 is 2.79 bits per heavy atom. The van der Waals surface area contributed by atoms with Gasteiger partial charge in [-0.15, -0.1) is 0 Å². The third-order valence-corrected chi connectivity index (χ3v) is 3.42. The van der Waals surface area contributed by atoms with Crippen molar-refractivity contribution in [2.45, 2.75) is 0 Å². The summed E-state index contributed by atoms with van der Waals surface area (Å²) in [7, 11) is 1.71. The predicted octanol–water partition coefficient (Wildman–Crippen LogP) is 2.95. The van der Waals surface area contributed by atoms with Gasteiger partial charge in [-0.05, 0) is 33.4 Å². The van der Waals surface area contributed by atoms with Crippen molar-refractivity contribution >= 4 is 38.3 Å². The van der Waals surface area contributed by atoms with Gasteiger partial charge in [-0.2, -0.15) is 0 Å². The van der Waals surface area contributed by atoms with E-state index in [0.717, 1.165) is 9.86 Å². The van der Waals surface area contributed by atoms with E-state index in [1.54, 1.807) is 13.2 Å². The second-order valence-electron chi connectivity index (χ2n) is 3.06. The van der Waals surface area contributed by atoms with Crippen molar-refractivity contribution in [1.82, 2.24) is 4.57 Å². The fraction of sp³-hybridized carbons (Fsp3) is 0.100.